The highest BCUT2D eigenvalue weighted by molar-refractivity contribution is 6.30. The number of nitriles is 2. The largest absolute Gasteiger partial charge is 0.485 e. The van der Waals surface area contributed by atoms with Gasteiger partial charge in [-0.15, -0.1) is 0 Å². The topological polar surface area (TPSA) is 119 Å². The molecule has 2 aromatic rings. The summed E-state index contributed by atoms with van der Waals surface area (Å²) in [4.78, 5) is 5.38. The van der Waals surface area contributed by atoms with Crippen molar-refractivity contribution in [3.8, 4) is 18.0 Å². The van der Waals surface area contributed by atoms with Crippen LogP contribution in [0.3, 0.4) is 0 Å². The average Bonchev–Trinajstić information content (AvgIpc) is 2.65. The zero-order valence-corrected chi connectivity index (χ0v) is 16.1. The molecule has 2 atom stereocenters. The van der Waals surface area contributed by atoms with Gasteiger partial charge in [0.1, 0.15) is 23.5 Å². The molecule has 0 saturated carbocycles. The lowest BCUT2D eigenvalue weighted by molar-refractivity contribution is -0.0751. The van der Waals surface area contributed by atoms with Gasteiger partial charge < -0.3 is 15.6 Å². The van der Waals surface area contributed by atoms with E-state index in [1.807, 2.05) is 6.19 Å². The molecule has 1 aliphatic rings. The second kappa shape index (κ2) is 7.40. The monoisotopic (exact) mass is 395 g/mol. The molecule has 0 saturated heterocycles. The van der Waals surface area contributed by atoms with Gasteiger partial charge in [-0.25, -0.2) is 9.89 Å². The third-order valence-electron chi connectivity index (χ3n) is 4.53. The summed E-state index contributed by atoms with van der Waals surface area (Å²) < 4.78 is 5.88. The number of nitrogens with zero attached hydrogens (tertiary/aromatic N) is 4. The summed E-state index contributed by atoms with van der Waals surface area (Å²) in [6.45, 7) is 3.43. The van der Waals surface area contributed by atoms with E-state index >= 15 is 0 Å². The molecule has 2 aromatic carbocycles. The first-order valence-electron chi connectivity index (χ1n) is 8.46. The number of hydrogen-bond acceptors (Lipinski definition) is 5. The molecule has 0 spiro atoms. The van der Waals surface area contributed by atoms with Crippen LogP contribution < -0.4 is 10.5 Å². The van der Waals surface area contributed by atoms with Crippen LogP contribution >= 0.6 is 11.6 Å². The maximum Gasteiger partial charge on any atom is 0.210 e. The van der Waals surface area contributed by atoms with Gasteiger partial charge in [0.05, 0.1) is 17.3 Å². The molecule has 3 rings (SSSR count). The third kappa shape index (κ3) is 3.59. The maximum absolute atomic E-state index is 10.9. The van der Waals surface area contributed by atoms with Crippen LogP contribution in [0.2, 0.25) is 5.02 Å². The van der Waals surface area contributed by atoms with Crippen molar-refractivity contribution in [2.45, 2.75) is 31.6 Å². The second-order valence-electron chi connectivity index (χ2n) is 6.88. The molecule has 0 radical (unpaired) electrons. The van der Waals surface area contributed by atoms with Crippen LogP contribution in [-0.2, 0) is 0 Å². The normalized spacial score (nSPS) is 20.3. The Morgan fingerprint density at radius 3 is 2.68 bits per heavy atom. The van der Waals surface area contributed by atoms with Crippen molar-refractivity contribution in [1.82, 2.24) is 4.90 Å². The first-order chi connectivity index (χ1) is 13.3. The maximum atomic E-state index is 10.9. The van der Waals surface area contributed by atoms with E-state index in [-0.39, 0.29) is 5.96 Å². The van der Waals surface area contributed by atoms with Crippen molar-refractivity contribution >= 4 is 23.2 Å². The number of fused-ring (bicyclic) bond motifs is 1. The Bertz CT molecular complexity index is 1020. The van der Waals surface area contributed by atoms with Gasteiger partial charge in [0, 0.05) is 10.6 Å². The molecule has 1 heterocycles. The highest BCUT2D eigenvalue weighted by Gasteiger charge is 2.46. The first kappa shape index (κ1) is 19.5. The van der Waals surface area contributed by atoms with Crippen molar-refractivity contribution in [2.75, 3.05) is 0 Å². The van der Waals surface area contributed by atoms with Crippen LogP contribution in [0.15, 0.2) is 47.5 Å². The highest BCUT2D eigenvalue weighted by Crippen LogP contribution is 2.43. The number of benzene rings is 2. The lowest BCUT2D eigenvalue weighted by atomic mass is 9.85. The molecule has 0 bridgehead atoms. The number of nitrogens with two attached hydrogens (primary N) is 1. The van der Waals surface area contributed by atoms with E-state index < -0.39 is 17.7 Å². The lowest BCUT2D eigenvalue weighted by Gasteiger charge is -2.44. The highest BCUT2D eigenvalue weighted by atomic mass is 35.5. The number of hydrogen-bond donors (Lipinski definition) is 2. The summed E-state index contributed by atoms with van der Waals surface area (Å²) >= 11 is 5.98. The summed E-state index contributed by atoms with van der Waals surface area (Å²) in [5.41, 5.74) is 6.45. The molecule has 7 nitrogen and oxygen atoms in total. The van der Waals surface area contributed by atoms with Gasteiger partial charge in [-0.2, -0.15) is 10.5 Å². The summed E-state index contributed by atoms with van der Waals surface area (Å²) in [6, 6.07) is 12.7. The van der Waals surface area contributed by atoms with Crippen LogP contribution in [-0.4, -0.2) is 27.7 Å². The Balaban J connectivity index is 2.11. The number of halogens is 1. The van der Waals surface area contributed by atoms with E-state index in [1.165, 1.54) is 0 Å². The van der Waals surface area contributed by atoms with Crippen molar-refractivity contribution < 1.29 is 9.84 Å². The van der Waals surface area contributed by atoms with Gasteiger partial charge in [-0.05, 0) is 50.2 Å². The quantitative estimate of drug-likeness (QED) is 0.349. The average molecular weight is 396 g/mol. The predicted octanol–water partition coefficient (Wildman–Crippen LogP) is 3.21. The Kier molecular flexibility index (Phi) is 5.15. The van der Waals surface area contributed by atoms with Crippen LogP contribution in [0.5, 0.6) is 5.75 Å². The van der Waals surface area contributed by atoms with E-state index in [0.717, 1.165) is 4.90 Å². The number of rotatable bonds is 2. The van der Waals surface area contributed by atoms with Crippen molar-refractivity contribution in [3.63, 3.8) is 0 Å². The van der Waals surface area contributed by atoms with E-state index in [1.54, 1.807) is 56.3 Å². The van der Waals surface area contributed by atoms with Crippen molar-refractivity contribution in [2.24, 2.45) is 10.7 Å². The molecule has 8 heteroatoms. The molecule has 0 fully saturated rings. The molecule has 0 aliphatic carbocycles. The minimum Gasteiger partial charge on any atom is -0.485 e. The minimum atomic E-state index is -1.11. The van der Waals surface area contributed by atoms with Gasteiger partial charge in [-0.3, -0.25) is 0 Å². The zero-order valence-electron chi connectivity index (χ0n) is 15.3. The molecular formula is C20H18ClN5O2. The summed E-state index contributed by atoms with van der Waals surface area (Å²) in [6.07, 6.45) is 0.890. The van der Waals surface area contributed by atoms with Gasteiger partial charge in [-0.1, -0.05) is 17.7 Å². The fraction of sp³-hybridized carbons (Fsp3) is 0.250. The second-order valence-corrected chi connectivity index (χ2v) is 7.32. The zero-order chi connectivity index (χ0) is 20.5. The van der Waals surface area contributed by atoms with Crippen LogP contribution in [0.1, 0.15) is 31.0 Å². The minimum absolute atomic E-state index is 0.111. The summed E-state index contributed by atoms with van der Waals surface area (Å²) in [5.74, 6) is 0.356. The number of aliphatic imine (C=N–C) groups is 1. The third-order valence-corrected chi connectivity index (χ3v) is 4.76. The number of ether oxygens (including phenoxy) is 1. The molecule has 28 heavy (non-hydrogen) atoms. The van der Waals surface area contributed by atoms with Gasteiger partial charge in [0.25, 0.3) is 0 Å². The van der Waals surface area contributed by atoms with Gasteiger partial charge in [0.15, 0.2) is 6.19 Å². The van der Waals surface area contributed by atoms with Crippen LogP contribution in [0, 0.1) is 22.8 Å². The first-order valence-corrected chi connectivity index (χ1v) is 8.84. The fourth-order valence-corrected chi connectivity index (χ4v) is 3.29. The Labute approximate surface area is 167 Å². The van der Waals surface area contributed by atoms with Crippen molar-refractivity contribution in [1.29, 1.82) is 10.5 Å². The standard InChI is InChI=1S/C20H18ClN5O2/c1-20(2)18(27)17(15-8-12(10-22)6-7-16(15)28-20)26(11-23)19(24)25-14-5-3-4-13(21)9-14/h3-9,17-18,27H,1-2H3,(H2,24,25)/t17-,18+/m1/s1. The molecule has 1 aliphatic heterocycles. The van der Waals surface area contributed by atoms with Gasteiger partial charge in [0.2, 0.25) is 5.96 Å². The SMILES string of the molecule is CC1(C)Oc2ccc(C#N)cc2[C@@H](N(C#N)C(N)=Nc2cccc(Cl)c2)[C@@H]1O. The Morgan fingerprint density at radius 2 is 2.04 bits per heavy atom. The van der Waals surface area contributed by atoms with Gasteiger partial charge >= 0.3 is 0 Å². The molecule has 0 amide bonds. The number of guanidine groups is 1. The lowest BCUT2D eigenvalue weighted by Crippen LogP contribution is -2.54. The van der Waals surface area contributed by atoms with Crippen LogP contribution in [0.4, 0.5) is 5.69 Å². The molecule has 0 unspecified atom stereocenters. The molecule has 0 aromatic heterocycles. The summed E-state index contributed by atoms with van der Waals surface area (Å²) in [5, 5.41) is 30.4. The van der Waals surface area contributed by atoms with E-state index in [9.17, 15) is 15.6 Å². The smallest absolute Gasteiger partial charge is 0.210 e. The molecule has 142 valence electrons. The number of aliphatic hydroxyl groups is 1. The van der Waals surface area contributed by atoms with E-state index in [0.29, 0.717) is 27.6 Å². The molecular weight excluding hydrogens is 378 g/mol. The van der Waals surface area contributed by atoms with Crippen LogP contribution in [0.25, 0.3) is 0 Å². The number of aliphatic hydroxyl groups excluding tert-OH is 1. The molecule has 3 N–H and O–H groups in total. The Morgan fingerprint density at radius 1 is 1.29 bits per heavy atom. The van der Waals surface area contributed by atoms with E-state index in [4.69, 9.17) is 22.1 Å². The van der Waals surface area contributed by atoms with Crippen molar-refractivity contribution in [3.05, 3.63) is 58.6 Å². The van der Waals surface area contributed by atoms with E-state index in [2.05, 4.69) is 11.1 Å². The Hall–Kier alpha value is -3.26. The fourth-order valence-electron chi connectivity index (χ4n) is 3.10. The summed E-state index contributed by atoms with van der Waals surface area (Å²) in [7, 11) is 0. The predicted molar refractivity (Wildman–Crippen MR) is 105 cm³/mol.